The second kappa shape index (κ2) is 14.6. The van der Waals surface area contributed by atoms with E-state index in [0.29, 0.717) is 26.4 Å². The zero-order chi connectivity index (χ0) is 32.6. The van der Waals surface area contributed by atoms with E-state index in [9.17, 15) is 0 Å². The van der Waals surface area contributed by atoms with Gasteiger partial charge >= 0.3 is 0 Å². The molecule has 0 saturated heterocycles. The van der Waals surface area contributed by atoms with Crippen molar-refractivity contribution in [1.82, 2.24) is 0 Å². The first-order valence-corrected chi connectivity index (χ1v) is 15.7. The van der Waals surface area contributed by atoms with Crippen molar-refractivity contribution in [1.29, 1.82) is 0 Å². The minimum Gasteiger partial charge on any atom is -0.490 e. The first kappa shape index (κ1) is 31.3. The summed E-state index contributed by atoms with van der Waals surface area (Å²) in [6, 6.07) is 35.7. The molecule has 4 heteroatoms. The van der Waals surface area contributed by atoms with Gasteiger partial charge in [0.2, 0.25) is 0 Å². The Morgan fingerprint density at radius 1 is 0.447 bits per heavy atom. The molecule has 6 aromatic carbocycles. The molecule has 0 saturated carbocycles. The minimum absolute atomic E-state index is 0.286. The molecule has 0 unspecified atom stereocenters. The largest absolute Gasteiger partial charge is 0.490 e. The van der Waals surface area contributed by atoms with Crippen molar-refractivity contribution in [3.8, 4) is 23.0 Å². The van der Waals surface area contributed by atoms with E-state index in [1.807, 2.05) is 24.3 Å². The summed E-state index contributed by atoms with van der Waals surface area (Å²) in [5.74, 6) is 2.81. The molecule has 0 fully saturated rings. The van der Waals surface area contributed by atoms with Gasteiger partial charge in [0.25, 0.3) is 0 Å². The van der Waals surface area contributed by atoms with Crippen LogP contribution in [0.4, 0.5) is 0 Å². The third kappa shape index (κ3) is 6.63. The van der Waals surface area contributed by atoms with Crippen LogP contribution in [0.5, 0.6) is 23.0 Å². The van der Waals surface area contributed by atoms with E-state index in [0.717, 1.165) is 66.6 Å². The van der Waals surface area contributed by atoms with E-state index in [1.54, 1.807) is 24.3 Å². The summed E-state index contributed by atoms with van der Waals surface area (Å²) in [4.78, 5) is 0. The highest BCUT2D eigenvalue weighted by Gasteiger charge is 2.29. The lowest BCUT2D eigenvalue weighted by molar-refractivity contribution is 0.354. The molecule has 47 heavy (non-hydrogen) atoms. The Morgan fingerprint density at radius 2 is 0.915 bits per heavy atom. The quantitative estimate of drug-likeness (QED) is 0.0848. The highest BCUT2D eigenvalue weighted by Crippen LogP contribution is 2.48. The van der Waals surface area contributed by atoms with E-state index >= 15 is 0 Å². The maximum absolute atomic E-state index is 6.45. The average Bonchev–Trinajstić information content (AvgIpc) is 3.11. The van der Waals surface area contributed by atoms with Crippen molar-refractivity contribution in [3.63, 3.8) is 0 Å². The van der Waals surface area contributed by atoms with Crippen molar-refractivity contribution >= 4 is 32.3 Å². The number of ether oxygens (including phenoxy) is 4. The molecule has 0 aromatic heterocycles. The monoisotopic (exact) mass is 618 g/mol. The molecule has 0 atom stereocenters. The van der Waals surface area contributed by atoms with Gasteiger partial charge in [0.15, 0.2) is 0 Å². The molecule has 0 amide bonds. The number of fused-ring (bicyclic) bond motifs is 3. The minimum atomic E-state index is -0.286. The number of benzene rings is 6. The normalized spacial score (nSPS) is 11.0. The summed E-state index contributed by atoms with van der Waals surface area (Å²) in [5, 5.41) is 6.49. The molecule has 0 radical (unpaired) electrons. The van der Waals surface area contributed by atoms with Crippen LogP contribution in [0.15, 0.2) is 154 Å². The van der Waals surface area contributed by atoms with E-state index in [2.05, 4.69) is 105 Å². The van der Waals surface area contributed by atoms with Gasteiger partial charge in [-0.2, -0.15) is 0 Å². The molecule has 4 nitrogen and oxygen atoms in total. The van der Waals surface area contributed by atoms with Gasteiger partial charge in [-0.15, -0.1) is 0 Å². The Labute approximate surface area is 276 Å². The third-order valence-electron chi connectivity index (χ3n) is 8.12. The van der Waals surface area contributed by atoms with Gasteiger partial charge in [0.05, 0.1) is 0 Å². The Balaban J connectivity index is 1.70. The Hall–Kier alpha value is -5.74. The van der Waals surface area contributed by atoms with E-state index in [4.69, 9.17) is 18.9 Å². The van der Waals surface area contributed by atoms with Crippen molar-refractivity contribution < 1.29 is 18.9 Å². The van der Waals surface area contributed by atoms with Gasteiger partial charge in [0, 0.05) is 17.0 Å². The molecule has 0 aliphatic rings. The molecule has 0 aliphatic carbocycles. The average molecular weight is 619 g/mol. The molecule has 234 valence electrons. The van der Waals surface area contributed by atoms with E-state index in [1.165, 1.54) is 5.39 Å². The second-order valence-electron chi connectivity index (χ2n) is 11.2. The summed E-state index contributed by atoms with van der Waals surface area (Å²) >= 11 is 0. The van der Waals surface area contributed by atoms with Crippen LogP contribution in [0.2, 0.25) is 0 Å². The van der Waals surface area contributed by atoms with Crippen molar-refractivity contribution in [3.05, 3.63) is 170 Å². The van der Waals surface area contributed by atoms with Crippen LogP contribution in [0.3, 0.4) is 0 Å². The third-order valence-corrected chi connectivity index (χ3v) is 8.12. The lowest BCUT2D eigenvalue weighted by atomic mass is 9.79. The smallest absolute Gasteiger partial charge is 0.124 e. The Bertz CT molecular complexity index is 1980. The molecule has 6 aromatic rings. The van der Waals surface area contributed by atoms with E-state index in [-0.39, 0.29) is 5.92 Å². The molecule has 0 bridgehead atoms. The number of hydrogen-bond acceptors (Lipinski definition) is 4. The lowest BCUT2D eigenvalue weighted by Gasteiger charge is -2.27. The van der Waals surface area contributed by atoms with Crippen molar-refractivity contribution in [2.75, 3.05) is 26.4 Å². The van der Waals surface area contributed by atoms with Gasteiger partial charge < -0.3 is 18.9 Å². The highest BCUT2D eigenvalue weighted by molar-refractivity contribution is 5.95. The fourth-order valence-corrected chi connectivity index (χ4v) is 6.12. The van der Waals surface area contributed by atoms with Crippen LogP contribution in [0.25, 0.3) is 32.3 Å². The maximum Gasteiger partial charge on any atom is 0.124 e. The van der Waals surface area contributed by atoms with Gasteiger partial charge in [-0.1, -0.05) is 117 Å². The summed E-state index contributed by atoms with van der Waals surface area (Å²) in [6.45, 7) is 17.0. The zero-order valence-electron chi connectivity index (χ0n) is 26.5. The summed E-state index contributed by atoms with van der Waals surface area (Å²) in [5.41, 5.74) is 3.16. The van der Waals surface area contributed by atoms with Crippen LogP contribution in [-0.4, -0.2) is 26.4 Å². The fraction of sp³-hybridized carbons (Fsp3) is 0.116. The van der Waals surface area contributed by atoms with Crippen LogP contribution in [-0.2, 0) is 0 Å². The molecule has 0 spiro atoms. The molecule has 6 rings (SSSR count). The van der Waals surface area contributed by atoms with Crippen molar-refractivity contribution in [2.45, 2.75) is 5.92 Å². The summed E-state index contributed by atoms with van der Waals surface area (Å²) in [6.07, 6.45) is 7.03. The Kier molecular flexibility index (Phi) is 9.69. The number of rotatable bonds is 15. The summed E-state index contributed by atoms with van der Waals surface area (Å²) in [7, 11) is 0. The van der Waals surface area contributed by atoms with Crippen molar-refractivity contribution in [2.24, 2.45) is 0 Å². The van der Waals surface area contributed by atoms with Gasteiger partial charge in [-0.3, -0.25) is 0 Å². The molecule has 0 N–H and O–H groups in total. The standard InChI is InChI=1S/C43H38O4/c1-5-23-44-35-17-19-37-32(28-35)15-21-39(46-25-7-3)42(37)41(34-14-13-30-11-9-10-12-31(30)27-34)43-38-20-18-36(45-24-6-2)29-33(38)16-22-40(43)47-26-8-4/h5-22,27-29,41H,1-4,23-26H2. The van der Waals surface area contributed by atoms with Crippen LogP contribution >= 0.6 is 0 Å². The SMILES string of the molecule is C=CCOc1ccc2c(C(c3ccc4ccccc4c3)c3c(OCC=C)ccc4cc(OCC=C)ccc34)c(OCC=C)ccc2c1. The predicted molar refractivity (Wildman–Crippen MR) is 196 cm³/mol. The number of hydrogen-bond donors (Lipinski definition) is 0. The molecule has 0 aliphatic heterocycles. The molecular formula is C43H38O4. The predicted octanol–water partition coefficient (Wildman–Crippen LogP) is 10.6. The van der Waals surface area contributed by atoms with E-state index < -0.39 is 0 Å². The van der Waals surface area contributed by atoms with Crippen LogP contribution < -0.4 is 18.9 Å². The van der Waals surface area contributed by atoms with Gasteiger partial charge in [-0.25, -0.2) is 0 Å². The highest BCUT2D eigenvalue weighted by atomic mass is 16.5. The fourth-order valence-electron chi connectivity index (χ4n) is 6.12. The zero-order valence-corrected chi connectivity index (χ0v) is 26.5. The van der Waals surface area contributed by atoms with Gasteiger partial charge in [0.1, 0.15) is 49.4 Å². The van der Waals surface area contributed by atoms with Crippen LogP contribution in [0, 0.1) is 0 Å². The summed E-state index contributed by atoms with van der Waals surface area (Å²) < 4.78 is 24.8. The first-order chi connectivity index (χ1) is 23.1. The van der Waals surface area contributed by atoms with Crippen LogP contribution in [0.1, 0.15) is 22.6 Å². The topological polar surface area (TPSA) is 36.9 Å². The molecule has 0 heterocycles. The van der Waals surface area contributed by atoms with Gasteiger partial charge in [-0.05, 0) is 74.3 Å². The maximum atomic E-state index is 6.45. The first-order valence-electron chi connectivity index (χ1n) is 15.7. The second-order valence-corrected chi connectivity index (χ2v) is 11.2. The molecular weight excluding hydrogens is 580 g/mol. The lowest BCUT2D eigenvalue weighted by Crippen LogP contribution is -2.11. The Morgan fingerprint density at radius 3 is 1.43 bits per heavy atom.